The third-order valence-electron chi connectivity index (χ3n) is 3.13. The van der Waals surface area contributed by atoms with Crippen molar-refractivity contribution < 1.29 is 4.39 Å². The number of hydrogen-bond donors (Lipinski definition) is 1. The van der Waals surface area contributed by atoms with Gasteiger partial charge < -0.3 is 5.32 Å². The quantitative estimate of drug-likeness (QED) is 0.384. The molecule has 0 aromatic heterocycles. The van der Waals surface area contributed by atoms with E-state index in [1.807, 2.05) is 13.8 Å². The van der Waals surface area contributed by atoms with Gasteiger partial charge in [0, 0.05) is 17.0 Å². The van der Waals surface area contributed by atoms with Gasteiger partial charge in [0.15, 0.2) is 0 Å². The van der Waals surface area contributed by atoms with Crippen molar-refractivity contribution in [3.8, 4) is 0 Å². The minimum Gasteiger partial charge on any atom is -0.359 e. The Bertz CT molecular complexity index is 413. The van der Waals surface area contributed by atoms with Crippen LogP contribution >= 0.6 is 0 Å². The lowest BCUT2D eigenvalue weighted by molar-refractivity contribution is 0.648. The molecule has 0 heterocycles. The van der Waals surface area contributed by atoms with Gasteiger partial charge in [0.25, 0.3) is 0 Å². The summed E-state index contributed by atoms with van der Waals surface area (Å²) < 4.78 is 13.9. The normalized spacial score (nSPS) is 12.2. The monoisotopic (exact) mass is 277 g/mol. The van der Waals surface area contributed by atoms with Crippen LogP contribution in [-0.2, 0) is 0 Å². The SMILES string of the molecule is C=C(CCCCC)NC(=C)C(=C)/C(F)=C\C=C(\C)CC. The van der Waals surface area contributed by atoms with Crippen LogP contribution < -0.4 is 5.32 Å². The van der Waals surface area contributed by atoms with Gasteiger partial charge in [-0.05, 0) is 32.3 Å². The van der Waals surface area contributed by atoms with E-state index in [1.165, 1.54) is 18.9 Å². The number of unbranched alkanes of at least 4 members (excludes halogenated alkanes) is 2. The van der Waals surface area contributed by atoms with E-state index in [1.54, 1.807) is 6.08 Å². The highest BCUT2D eigenvalue weighted by molar-refractivity contribution is 5.41. The first-order valence-electron chi connectivity index (χ1n) is 7.28. The lowest BCUT2D eigenvalue weighted by Gasteiger charge is -2.13. The summed E-state index contributed by atoms with van der Waals surface area (Å²) in [5.74, 6) is -0.364. The summed E-state index contributed by atoms with van der Waals surface area (Å²) >= 11 is 0. The summed E-state index contributed by atoms with van der Waals surface area (Å²) in [6, 6.07) is 0. The molecule has 0 saturated heterocycles. The molecule has 0 aromatic rings. The summed E-state index contributed by atoms with van der Waals surface area (Å²) in [7, 11) is 0. The molecule has 2 heteroatoms. The summed E-state index contributed by atoms with van der Waals surface area (Å²) in [5.41, 5.74) is 2.73. The second-order valence-electron chi connectivity index (χ2n) is 5.02. The molecule has 1 N–H and O–H groups in total. The lowest BCUT2D eigenvalue weighted by Crippen LogP contribution is -2.12. The van der Waals surface area contributed by atoms with Gasteiger partial charge in [0.2, 0.25) is 0 Å². The Kier molecular flexibility index (Phi) is 9.44. The number of rotatable bonds is 10. The molecule has 0 aliphatic rings. The second kappa shape index (κ2) is 10.2. The molecule has 0 rings (SSSR count). The second-order valence-corrected chi connectivity index (χ2v) is 5.02. The van der Waals surface area contributed by atoms with Crippen molar-refractivity contribution in [2.45, 2.75) is 52.9 Å². The molecule has 0 unspecified atom stereocenters. The number of halogens is 1. The van der Waals surface area contributed by atoms with Crippen LogP contribution in [0.4, 0.5) is 4.39 Å². The van der Waals surface area contributed by atoms with Gasteiger partial charge in [-0.15, -0.1) is 0 Å². The van der Waals surface area contributed by atoms with Crippen LogP contribution in [0.2, 0.25) is 0 Å². The molecule has 20 heavy (non-hydrogen) atoms. The van der Waals surface area contributed by atoms with Crippen molar-refractivity contribution in [2.75, 3.05) is 0 Å². The first-order chi connectivity index (χ1) is 9.42. The Balaban J connectivity index is 4.41. The standard InChI is InChI=1S/C18H28FN/c1-7-9-10-11-15(4)20-17(6)16(5)18(19)13-12-14(3)8-2/h12-13,20H,4-11H2,1-3H3/b14-12-,18-13+. The molecule has 0 aliphatic carbocycles. The molecule has 0 saturated carbocycles. The Morgan fingerprint density at radius 3 is 2.30 bits per heavy atom. The minimum atomic E-state index is -0.364. The molecule has 1 nitrogen and oxygen atoms in total. The Hall–Kier alpha value is -1.57. The molecule has 0 radical (unpaired) electrons. The van der Waals surface area contributed by atoms with E-state index in [0.717, 1.165) is 30.5 Å². The summed E-state index contributed by atoms with van der Waals surface area (Å²) in [5, 5.41) is 3.03. The predicted octanol–water partition coefficient (Wildman–Crippen LogP) is 5.95. The van der Waals surface area contributed by atoms with Crippen molar-refractivity contribution in [3.05, 3.63) is 60.3 Å². The molecule has 0 bridgehead atoms. The van der Waals surface area contributed by atoms with E-state index < -0.39 is 0 Å². The van der Waals surface area contributed by atoms with E-state index in [-0.39, 0.29) is 11.4 Å². The average Bonchev–Trinajstić information content (AvgIpc) is 2.43. The molecular weight excluding hydrogens is 249 g/mol. The first-order valence-corrected chi connectivity index (χ1v) is 7.28. The lowest BCUT2D eigenvalue weighted by atomic mass is 10.1. The smallest absolute Gasteiger partial charge is 0.131 e. The van der Waals surface area contributed by atoms with Crippen molar-refractivity contribution in [1.29, 1.82) is 0 Å². The fourth-order valence-electron chi connectivity index (χ4n) is 1.52. The molecule has 0 fully saturated rings. The summed E-state index contributed by atoms with van der Waals surface area (Å²) in [6.45, 7) is 17.6. The summed E-state index contributed by atoms with van der Waals surface area (Å²) in [6.07, 6.45) is 8.41. The Morgan fingerprint density at radius 2 is 1.75 bits per heavy atom. The molecule has 0 amide bonds. The highest BCUT2D eigenvalue weighted by atomic mass is 19.1. The third kappa shape index (κ3) is 7.78. The van der Waals surface area contributed by atoms with Gasteiger partial charge >= 0.3 is 0 Å². The van der Waals surface area contributed by atoms with E-state index in [2.05, 4.69) is 32.0 Å². The van der Waals surface area contributed by atoms with Crippen LogP contribution in [0.1, 0.15) is 52.9 Å². The van der Waals surface area contributed by atoms with E-state index in [0.29, 0.717) is 5.70 Å². The maximum absolute atomic E-state index is 13.9. The van der Waals surface area contributed by atoms with E-state index in [4.69, 9.17) is 0 Å². The molecule has 0 atom stereocenters. The largest absolute Gasteiger partial charge is 0.359 e. The Morgan fingerprint density at radius 1 is 1.10 bits per heavy atom. The zero-order valence-electron chi connectivity index (χ0n) is 13.2. The minimum absolute atomic E-state index is 0.279. The molecule has 0 aromatic carbocycles. The topological polar surface area (TPSA) is 12.0 Å². The van der Waals surface area contributed by atoms with E-state index in [9.17, 15) is 4.39 Å². The van der Waals surface area contributed by atoms with Crippen LogP contribution in [0.3, 0.4) is 0 Å². The first kappa shape index (κ1) is 18.4. The molecule has 112 valence electrons. The van der Waals surface area contributed by atoms with Gasteiger partial charge in [-0.3, -0.25) is 0 Å². The Labute approximate surface area is 123 Å². The zero-order chi connectivity index (χ0) is 15.5. The fraction of sp³-hybridized carbons (Fsp3) is 0.444. The van der Waals surface area contributed by atoms with E-state index >= 15 is 0 Å². The molecule has 0 aliphatic heterocycles. The van der Waals surface area contributed by atoms with Gasteiger partial charge in [-0.25, -0.2) is 4.39 Å². The highest BCUT2D eigenvalue weighted by Gasteiger charge is 2.06. The van der Waals surface area contributed by atoms with Gasteiger partial charge in [0.05, 0.1) is 0 Å². The third-order valence-corrected chi connectivity index (χ3v) is 3.13. The fourth-order valence-corrected chi connectivity index (χ4v) is 1.52. The average molecular weight is 277 g/mol. The number of allylic oxidation sites excluding steroid dienone is 5. The van der Waals surface area contributed by atoms with Crippen molar-refractivity contribution in [2.24, 2.45) is 0 Å². The maximum Gasteiger partial charge on any atom is 0.131 e. The maximum atomic E-state index is 13.9. The van der Waals surface area contributed by atoms with Crippen LogP contribution in [0, 0.1) is 0 Å². The zero-order valence-corrected chi connectivity index (χ0v) is 13.2. The number of nitrogens with one attached hydrogen (secondary N) is 1. The summed E-state index contributed by atoms with van der Waals surface area (Å²) in [4.78, 5) is 0. The molecular formula is C18H28FN. The van der Waals surface area contributed by atoms with Crippen LogP contribution in [0.25, 0.3) is 0 Å². The predicted molar refractivity (Wildman–Crippen MR) is 87.9 cm³/mol. The van der Waals surface area contributed by atoms with Gasteiger partial charge in [-0.1, -0.05) is 58.1 Å². The van der Waals surface area contributed by atoms with Crippen LogP contribution in [-0.4, -0.2) is 0 Å². The van der Waals surface area contributed by atoms with Crippen molar-refractivity contribution in [1.82, 2.24) is 5.32 Å². The van der Waals surface area contributed by atoms with Crippen LogP contribution in [0.5, 0.6) is 0 Å². The van der Waals surface area contributed by atoms with Gasteiger partial charge in [0.1, 0.15) is 5.83 Å². The highest BCUT2D eigenvalue weighted by Crippen LogP contribution is 2.18. The van der Waals surface area contributed by atoms with Gasteiger partial charge in [-0.2, -0.15) is 0 Å². The number of hydrogen-bond acceptors (Lipinski definition) is 1. The van der Waals surface area contributed by atoms with Crippen LogP contribution in [0.15, 0.2) is 60.3 Å². The van der Waals surface area contributed by atoms with Crippen molar-refractivity contribution in [3.63, 3.8) is 0 Å². The van der Waals surface area contributed by atoms with Crippen molar-refractivity contribution >= 4 is 0 Å². The molecule has 0 spiro atoms.